The van der Waals surface area contributed by atoms with E-state index in [9.17, 15) is 14.7 Å². The van der Waals surface area contributed by atoms with Gasteiger partial charge in [0, 0.05) is 38.6 Å². The number of rotatable bonds is 7. The van der Waals surface area contributed by atoms with Gasteiger partial charge in [0.15, 0.2) is 11.5 Å². The Labute approximate surface area is 181 Å². The lowest BCUT2D eigenvalue weighted by atomic mass is 9.96. The molecule has 1 N–H and O–H groups in total. The number of aliphatic hydroxyl groups is 1. The number of benzene rings is 1. The highest BCUT2D eigenvalue weighted by molar-refractivity contribution is 6.14. The lowest BCUT2D eigenvalue weighted by Crippen LogP contribution is -2.43. The molecule has 0 aliphatic carbocycles. The monoisotopic (exact) mass is 419 g/mol. The summed E-state index contributed by atoms with van der Waals surface area (Å²) in [7, 11) is 0. The lowest BCUT2D eigenvalue weighted by molar-refractivity contribution is -0.129. The van der Waals surface area contributed by atoms with E-state index in [1.807, 2.05) is 36.4 Å². The summed E-state index contributed by atoms with van der Waals surface area (Å²) in [6, 6.07) is 12.3. The van der Waals surface area contributed by atoms with E-state index in [4.69, 9.17) is 4.74 Å². The van der Waals surface area contributed by atoms with Crippen LogP contribution >= 0.6 is 0 Å². The van der Waals surface area contributed by atoms with E-state index < -0.39 is 23.5 Å². The highest BCUT2D eigenvalue weighted by atomic mass is 16.5. The summed E-state index contributed by atoms with van der Waals surface area (Å²) in [5.74, 6) is -1.41. The van der Waals surface area contributed by atoms with Crippen LogP contribution in [-0.4, -0.2) is 71.0 Å². The highest BCUT2D eigenvalue weighted by Gasteiger charge is 2.42. The number of allylic oxidation sites excluding steroid dienone is 1. The summed E-state index contributed by atoms with van der Waals surface area (Å²) in [4.78, 5) is 33.9. The normalized spacial score (nSPS) is 20.1. The molecule has 0 spiro atoms. The fraction of sp³-hybridized carbons (Fsp3) is 0.292. The Hall–Kier alpha value is -3.29. The van der Waals surface area contributed by atoms with E-state index in [0.717, 1.165) is 18.7 Å². The van der Waals surface area contributed by atoms with Gasteiger partial charge in [-0.15, -0.1) is 0 Å². The molecule has 2 aliphatic rings. The third-order valence-corrected chi connectivity index (χ3v) is 5.56. The van der Waals surface area contributed by atoms with Gasteiger partial charge in [-0.05, 0) is 23.3 Å². The molecule has 1 amide bonds. The fourth-order valence-corrected chi connectivity index (χ4v) is 3.92. The summed E-state index contributed by atoms with van der Waals surface area (Å²) in [6.07, 6.45) is 6.36. The average Bonchev–Trinajstić information content (AvgIpc) is 3.08. The number of nitrogens with zero attached hydrogens (tertiary/aromatic N) is 3. The first-order valence-electron chi connectivity index (χ1n) is 10.4. The van der Waals surface area contributed by atoms with Crippen LogP contribution in [0.25, 0.3) is 6.08 Å². The minimum Gasteiger partial charge on any atom is -0.503 e. The Morgan fingerprint density at radius 3 is 2.61 bits per heavy atom. The van der Waals surface area contributed by atoms with Crippen molar-refractivity contribution in [2.75, 3.05) is 39.4 Å². The van der Waals surface area contributed by atoms with Crippen molar-refractivity contribution >= 4 is 17.8 Å². The van der Waals surface area contributed by atoms with Gasteiger partial charge in [-0.2, -0.15) is 0 Å². The minimum atomic E-state index is -0.671. The summed E-state index contributed by atoms with van der Waals surface area (Å²) in [6.45, 7) is 3.95. The van der Waals surface area contributed by atoms with Crippen LogP contribution in [-0.2, 0) is 14.3 Å². The van der Waals surface area contributed by atoms with Crippen molar-refractivity contribution in [1.29, 1.82) is 0 Å². The molecule has 0 unspecified atom stereocenters. The summed E-state index contributed by atoms with van der Waals surface area (Å²) >= 11 is 0. The third-order valence-electron chi connectivity index (χ3n) is 5.56. The predicted molar refractivity (Wildman–Crippen MR) is 116 cm³/mol. The van der Waals surface area contributed by atoms with Crippen LogP contribution in [0.2, 0.25) is 0 Å². The maximum absolute atomic E-state index is 13.1. The van der Waals surface area contributed by atoms with Gasteiger partial charge in [-0.3, -0.25) is 19.5 Å². The lowest BCUT2D eigenvalue weighted by Gasteiger charge is -2.31. The molecule has 160 valence electrons. The number of morpholine rings is 1. The highest BCUT2D eigenvalue weighted by Crippen LogP contribution is 2.37. The predicted octanol–water partition coefficient (Wildman–Crippen LogP) is 2.39. The molecule has 0 radical (unpaired) electrons. The first-order chi connectivity index (χ1) is 15.1. The molecule has 2 aromatic rings. The van der Waals surface area contributed by atoms with Gasteiger partial charge >= 0.3 is 0 Å². The average molecular weight is 419 g/mol. The fourth-order valence-electron chi connectivity index (χ4n) is 3.92. The standard InChI is InChI=1S/C24H25N3O4/c28-20(9-8-18-5-2-1-3-6-18)21-22(19-7-4-10-25-17-19)27(24(30)23(21)29)12-11-26-13-15-31-16-14-26/h1-10,17,22,29H,11-16H2/b9-8+/t22-/m0/s1. The Balaban J connectivity index is 1.59. The van der Waals surface area contributed by atoms with Gasteiger partial charge in [0.25, 0.3) is 5.91 Å². The molecule has 3 heterocycles. The van der Waals surface area contributed by atoms with Gasteiger partial charge in [0.2, 0.25) is 0 Å². The second-order valence-corrected chi connectivity index (χ2v) is 7.51. The Morgan fingerprint density at radius 1 is 1.13 bits per heavy atom. The molecule has 7 nitrogen and oxygen atoms in total. The van der Waals surface area contributed by atoms with Crippen LogP contribution in [0.4, 0.5) is 0 Å². The number of ketones is 1. The van der Waals surface area contributed by atoms with Crippen LogP contribution in [0, 0.1) is 0 Å². The van der Waals surface area contributed by atoms with E-state index in [0.29, 0.717) is 31.9 Å². The third kappa shape index (κ3) is 4.73. The van der Waals surface area contributed by atoms with Gasteiger partial charge < -0.3 is 14.7 Å². The molecule has 31 heavy (non-hydrogen) atoms. The smallest absolute Gasteiger partial charge is 0.290 e. The van der Waals surface area contributed by atoms with Crippen LogP contribution < -0.4 is 0 Å². The molecular formula is C24H25N3O4. The topological polar surface area (TPSA) is 83.0 Å². The molecule has 1 atom stereocenters. The second kappa shape index (κ2) is 9.68. The zero-order valence-corrected chi connectivity index (χ0v) is 17.2. The van der Waals surface area contributed by atoms with E-state index in [1.54, 1.807) is 29.4 Å². The second-order valence-electron chi connectivity index (χ2n) is 7.51. The zero-order valence-electron chi connectivity index (χ0n) is 17.2. The van der Waals surface area contributed by atoms with Crippen molar-refractivity contribution in [2.24, 2.45) is 0 Å². The maximum Gasteiger partial charge on any atom is 0.290 e. The van der Waals surface area contributed by atoms with Crippen LogP contribution in [0.1, 0.15) is 17.2 Å². The number of carbonyl (C=O) groups is 2. The van der Waals surface area contributed by atoms with Crippen molar-refractivity contribution in [1.82, 2.24) is 14.8 Å². The number of carbonyl (C=O) groups excluding carboxylic acids is 2. The minimum absolute atomic E-state index is 0.0900. The Morgan fingerprint density at radius 2 is 1.90 bits per heavy atom. The molecule has 0 bridgehead atoms. The molecule has 1 aromatic carbocycles. The molecule has 1 saturated heterocycles. The summed E-state index contributed by atoms with van der Waals surface area (Å²) < 4.78 is 5.38. The van der Waals surface area contributed by atoms with E-state index in [-0.39, 0.29) is 5.57 Å². The van der Waals surface area contributed by atoms with Crippen molar-refractivity contribution < 1.29 is 19.4 Å². The Bertz CT molecular complexity index is 982. The first-order valence-corrected chi connectivity index (χ1v) is 10.4. The van der Waals surface area contributed by atoms with Crippen LogP contribution in [0.15, 0.2) is 72.3 Å². The number of aliphatic hydroxyl groups excluding tert-OH is 1. The van der Waals surface area contributed by atoms with Gasteiger partial charge in [0.05, 0.1) is 24.8 Å². The Kier molecular flexibility index (Phi) is 6.54. The van der Waals surface area contributed by atoms with Gasteiger partial charge in [-0.1, -0.05) is 42.5 Å². The number of ether oxygens (including phenoxy) is 1. The molecule has 1 aromatic heterocycles. The van der Waals surface area contributed by atoms with E-state index in [1.165, 1.54) is 6.08 Å². The SMILES string of the molecule is O=C(/C=C/c1ccccc1)C1=C(O)C(=O)N(CCN2CCOCC2)[C@H]1c1cccnc1. The molecule has 4 rings (SSSR count). The zero-order chi connectivity index (χ0) is 21.6. The van der Waals surface area contributed by atoms with Crippen molar-refractivity contribution in [3.05, 3.63) is 83.4 Å². The first kappa shape index (κ1) is 21.0. The largest absolute Gasteiger partial charge is 0.503 e. The van der Waals surface area contributed by atoms with Crippen LogP contribution in [0.5, 0.6) is 0 Å². The molecule has 0 saturated carbocycles. The number of aromatic nitrogens is 1. The van der Waals surface area contributed by atoms with Gasteiger partial charge in [-0.25, -0.2) is 0 Å². The number of pyridine rings is 1. The van der Waals surface area contributed by atoms with E-state index in [2.05, 4.69) is 9.88 Å². The van der Waals surface area contributed by atoms with Crippen LogP contribution in [0.3, 0.4) is 0 Å². The number of hydrogen-bond donors (Lipinski definition) is 1. The quantitative estimate of drug-likeness (QED) is 0.694. The number of hydrogen-bond acceptors (Lipinski definition) is 6. The summed E-state index contributed by atoms with van der Waals surface area (Å²) in [5, 5.41) is 10.6. The van der Waals surface area contributed by atoms with Crippen molar-refractivity contribution in [3.8, 4) is 0 Å². The molecule has 1 fully saturated rings. The van der Waals surface area contributed by atoms with Crippen molar-refractivity contribution in [2.45, 2.75) is 6.04 Å². The number of amides is 1. The molecular weight excluding hydrogens is 394 g/mol. The molecule has 2 aliphatic heterocycles. The summed E-state index contributed by atoms with van der Waals surface area (Å²) in [5.41, 5.74) is 1.65. The van der Waals surface area contributed by atoms with Crippen molar-refractivity contribution in [3.63, 3.8) is 0 Å². The maximum atomic E-state index is 13.1. The van der Waals surface area contributed by atoms with Gasteiger partial charge in [0.1, 0.15) is 0 Å². The molecule has 7 heteroatoms. The van der Waals surface area contributed by atoms with E-state index >= 15 is 0 Å².